The van der Waals surface area contributed by atoms with Crippen molar-refractivity contribution in [2.45, 2.75) is 70.5 Å². The summed E-state index contributed by atoms with van der Waals surface area (Å²) in [5.41, 5.74) is 0. The Labute approximate surface area is 112 Å². The molecule has 2 aliphatic rings. The molecule has 0 aromatic heterocycles. The van der Waals surface area contributed by atoms with E-state index >= 15 is 0 Å². The van der Waals surface area contributed by atoms with E-state index in [1.54, 1.807) is 0 Å². The third kappa shape index (κ3) is 3.46. The number of fused-ring (bicyclic) bond motifs is 1. The summed E-state index contributed by atoms with van der Waals surface area (Å²) in [6.07, 6.45) is 8.30. The molecule has 0 amide bonds. The van der Waals surface area contributed by atoms with Gasteiger partial charge in [0.2, 0.25) is 0 Å². The number of hydrogen-bond donors (Lipinski definition) is 1. The molecular weight excluding hydrogens is 222 g/mol. The van der Waals surface area contributed by atoms with Crippen LogP contribution in [0.2, 0.25) is 0 Å². The van der Waals surface area contributed by atoms with E-state index in [1.165, 1.54) is 45.1 Å². The van der Waals surface area contributed by atoms with E-state index in [2.05, 4.69) is 30.1 Å². The lowest BCUT2D eigenvalue weighted by atomic mass is 9.78. The summed E-state index contributed by atoms with van der Waals surface area (Å²) in [7, 11) is 0. The molecule has 3 nitrogen and oxygen atoms in total. The minimum atomic E-state index is -0.00863. The Bertz CT molecular complexity index is 293. The number of rotatable bonds is 4. The fourth-order valence-electron chi connectivity index (χ4n) is 3.72. The van der Waals surface area contributed by atoms with E-state index in [0.29, 0.717) is 6.04 Å². The van der Waals surface area contributed by atoms with Gasteiger partial charge in [-0.05, 0) is 52.0 Å². The molecule has 1 N–H and O–H groups in total. The molecule has 18 heavy (non-hydrogen) atoms. The molecular formula is C15H27N3. The zero-order valence-corrected chi connectivity index (χ0v) is 11.9. The van der Waals surface area contributed by atoms with Crippen LogP contribution in [0, 0.1) is 17.2 Å². The minimum absolute atomic E-state index is 0.00863. The van der Waals surface area contributed by atoms with Gasteiger partial charge in [0.1, 0.15) is 6.04 Å². The van der Waals surface area contributed by atoms with Gasteiger partial charge >= 0.3 is 0 Å². The van der Waals surface area contributed by atoms with Gasteiger partial charge in [-0.15, -0.1) is 0 Å². The molecule has 0 bridgehead atoms. The van der Waals surface area contributed by atoms with Gasteiger partial charge in [0.25, 0.3) is 0 Å². The quantitative estimate of drug-likeness (QED) is 0.832. The third-order valence-corrected chi connectivity index (χ3v) is 4.47. The predicted molar refractivity (Wildman–Crippen MR) is 74.2 cm³/mol. The molecule has 1 saturated heterocycles. The standard InChI is InChI=1S/C15H27N3/c1-12(2)17-14(10-16)11-18-9-5-7-13-6-3-4-8-15(13)18/h12-15,17H,3-9,11H2,1-2H3. The van der Waals surface area contributed by atoms with E-state index in [0.717, 1.165) is 18.5 Å². The molecule has 0 aromatic rings. The predicted octanol–water partition coefficient (Wildman–Crippen LogP) is 2.53. The maximum absolute atomic E-state index is 9.26. The fraction of sp³-hybridized carbons (Fsp3) is 0.933. The highest BCUT2D eigenvalue weighted by Gasteiger charge is 2.33. The first-order chi connectivity index (χ1) is 8.70. The minimum Gasteiger partial charge on any atom is -0.299 e. The van der Waals surface area contributed by atoms with Crippen molar-refractivity contribution in [2.75, 3.05) is 13.1 Å². The van der Waals surface area contributed by atoms with E-state index in [4.69, 9.17) is 0 Å². The Kier molecular flexibility index (Phi) is 5.03. The molecule has 0 spiro atoms. The summed E-state index contributed by atoms with van der Waals surface area (Å²) in [6.45, 7) is 6.34. The van der Waals surface area contributed by atoms with Gasteiger partial charge in [0.15, 0.2) is 0 Å². The van der Waals surface area contributed by atoms with Crippen LogP contribution in [-0.4, -0.2) is 36.1 Å². The first kappa shape index (κ1) is 13.8. The number of nitriles is 1. The van der Waals surface area contributed by atoms with Gasteiger partial charge in [-0.2, -0.15) is 5.26 Å². The highest BCUT2D eigenvalue weighted by molar-refractivity contribution is 4.96. The second kappa shape index (κ2) is 6.54. The number of hydrogen-bond acceptors (Lipinski definition) is 3. The van der Waals surface area contributed by atoms with E-state index < -0.39 is 0 Å². The Morgan fingerprint density at radius 2 is 1.94 bits per heavy atom. The Balaban J connectivity index is 1.92. The first-order valence-electron chi connectivity index (χ1n) is 7.60. The number of nitrogens with one attached hydrogen (secondary N) is 1. The van der Waals surface area contributed by atoms with Crippen molar-refractivity contribution in [3.8, 4) is 6.07 Å². The maximum Gasteiger partial charge on any atom is 0.108 e. The van der Waals surface area contributed by atoms with Crippen molar-refractivity contribution < 1.29 is 0 Å². The molecule has 2 fully saturated rings. The number of likely N-dealkylation sites (tertiary alicyclic amines) is 1. The molecule has 0 aromatic carbocycles. The van der Waals surface area contributed by atoms with E-state index in [1.807, 2.05) is 0 Å². The summed E-state index contributed by atoms with van der Waals surface area (Å²) in [4.78, 5) is 2.59. The Morgan fingerprint density at radius 1 is 1.22 bits per heavy atom. The molecule has 1 aliphatic carbocycles. The summed E-state index contributed by atoms with van der Waals surface area (Å²) >= 11 is 0. The van der Waals surface area contributed by atoms with Crippen molar-refractivity contribution >= 4 is 0 Å². The average Bonchev–Trinajstić information content (AvgIpc) is 2.38. The van der Waals surface area contributed by atoms with Gasteiger partial charge in [-0.3, -0.25) is 10.2 Å². The molecule has 1 heterocycles. The lowest BCUT2D eigenvalue weighted by Crippen LogP contribution is -2.52. The van der Waals surface area contributed by atoms with Crippen LogP contribution in [0.25, 0.3) is 0 Å². The molecule has 1 aliphatic heterocycles. The molecule has 3 unspecified atom stereocenters. The zero-order valence-electron chi connectivity index (χ0n) is 11.9. The second-order valence-corrected chi connectivity index (χ2v) is 6.25. The Morgan fingerprint density at radius 3 is 2.67 bits per heavy atom. The SMILES string of the molecule is CC(C)NC(C#N)CN1CCCC2CCCCC21. The van der Waals surface area contributed by atoms with Crippen LogP contribution < -0.4 is 5.32 Å². The maximum atomic E-state index is 9.26. The molecule has 0 radical (unpaired) electrons. The monoisotopic (exact) mass is 249 g/mol. The molecule has 2 rings (SSSR count). The topological polar surface area (TPSA) is 39.1 Å². The van der Waals surface area contributed by atoms with Gasteiger partial charge in [0.05, 0.1) is 6.07 Å². The van der Waals surface area contributed by atoms with E-state index in [-0.39, 0.29) is 6.04 Å². The normalized spacial score (nSPS) is 30.8. The highest BCUT2D eigenvalue weighted by atomic mass is 15.2. The smallest absolute Gasteiger partial charge is 0.108 e. The zero-order chi connectivity index (χ0) is 13.0. The van der Waals surface area contributed by atoms with Crippen LogP contribution in [0.3, 0.4) is 0 Å². The molecule has 102 valence electrons. The molecule has 1 saturated carbocycles. The van der Waals surface area contributed by atoms with Gasteiger partial charge < -0.3 is 0 Å². The lowest BCUT2D eigenvalue weighted by Gasteiger charge is -2.44. The molecule has 3 heteroatoms. The lowest BCUT2D eigenvalue weighted by molar-refractivity contribution is 0.0566. The average molecular weight is 249 g/mol. The summed E-state index contributed by atoms with van der Waals surface area (Å²) in [6, 6.07) is 3.57. The van der Waals surface area contributed by atoms with Crippen LogP contribution >= 0.6 is 0 Å². The van der Waals surface area contributed by atoms with Crippen LogP contribution in [0.1, 0.15) is 52.4 Å². The Hall–Kier alpha value is -0.590. The first-order valence-corrected chi connectivity index (χ1v) is 7.60. The van der Waals surface area contributed by atoms with Crippen LogP contribution in [0.5, 0.6) is 0 Å². The second-order valence-electron chi connectivity index (χ2n) is 6.25. The number of nitrogens with zero attached hydrogens (tertiary/aromatic N) is 2. The van der Waals surface area contributed by atoms with Crippen molar-refractivity contribution in [2.24, 2.45) is 5.92 Å². The van der Waals surface area contributed by atoms with Crippen LogP contribution in [0.15, 0.2) is 0 Å². The third-order valence-electron chi connectivity index (χ3n) is 4.47. The van der Waals surface area contributed by atoms with Crippen molar-refractivity contribution in [3.05, 3.63) is 0 Å². The summed E-state index contributed by atoms with van der Waals surface area (Å²) in [5.74, 6) is 0.908. The summed E-state index contributed by atoms with van der Waals surface area (Å²) in [5, 5.41) is 12.6. The van der Waals surface area contributed by atoms with Crippen molar-refractivity contribution in [1.29, 1.82) is 5.26 Å². The van der Waals surface area contributed by atoms with Crippen molar-refractivity contribution in [1.82, 2.24) is 10.2 Å². The number of piperidine rings is 1. The fourth-order valence-corrected chi connectivity index (χ4v) is 3.72. The largest absolute Gasteiger partial charge is 0.299 e. The van der Waals surface area contributed by atoms with Crippen LogP contribution in [-0.2, 0) is 0 Å². The van der Waals surface area contributed by atoms with Gasteiger partial charge in [0, 0.05) is 18.6 Å². The van der Waals surface area contributed by atoms with Gasteiger partial charge in [-0.25, -0.2) is 0 Å². The molecule has 3 atom stereocenters. The van der Waals surface area contributed by atoms with E-state index in [9.17, 15) is 5.26 Å². The van der Waals surface area contributed by atoms with Crippen LogP contribution in [0.4, 0.5) is 0 Å². The highest BCUT2D eigenvalue weighted by Crippen LogP contribution is 2.35. The van der Waals surface area contributed by atoms with Crippen molar-refractivity contribution in [3.63, 3.8) is 0 Å². The summed E-state index contributed by atoms with van der Waals surface area (Å²) < 4.78 is 0. The van der Waals surface area contributed by atoms with Gasteiger partial charge in [-0.1, -0.05) is 12.8 Å².